The lowest BCUT2D eigenvalue weighted by Gasteiger charge is -2.36. The molecule has 1 aliphatic rings. The Morgan fingerprint density at radius 2 is 1.92 bits per heavy atom. The number of piperazine rings is 1. The summed E-state index contributed by atoms with van der Waals surface area (Å²) < 4.78 is 5.49. The van der Waals surface area contributed by atoms with Crippen molar-refractivity contribution in [1.29, 1.82) is 0 Å². The van der Waals surface area contributed by atoms with Crippen LogP contribution in [-0.4, -0.2) is 60.5 Å². The van der Waals surface area contributed by atoms with Crippen LogP contribution in [0.3, 0.4) is 0 Å². The first-order valence-corrected chi connectivity index (χ1v) is 9.92. The van der Waals surface area contributed by atoms with E-state index in [9.17, 15) is 0 Å². The zero-order valence-corrected chi connectivity index (χ0v) is 16.2. The van der Waals surface area contributed by atoms with Crippen LogP contribution in [0, 0.1) is 13.8 Å². The van der Waals surface area contributed by atoms with Gasteiger partial charge in [0.25, 0.3) is 0 Å². The molecule has 1 N–H and O–H groups in total. The summed E-state index contributed by atoms with van der Waals surface area (Å²) in [5.74, 6) is 2.08. The summed E-state index contributed by atoms with van der Waals surface area (Å²) >= 11 is 1.83. The van der Waals surface area contributed by atoms with E-state index < -0.39 is 0 Å². The van der Waals surface area contributed by atoms with Crippen LogP contribution in [0.2, 0.25) is 0 Å². The Kier molecular flexibility index (Phi) is 6.26. The lowest BCUT2D eigenvalue weighted by Crippen LogP contribution is -2.46. The number of benzene rings is 1. The molecule has 1 fully saturated rings. The highest BCUT2D eigenvalue weighted by molar-refractivity contribution is 7.99. The predicted octanol–water partition coefficient (Wildman–Crippen LogP) is 3.34. The maximum atomic E-state index is 5.49. The van der Waals surface area contributed by atoms with E-state index in [1.807, 2.05) is 23.9 Å². The predicted molar refractivity (Wildman–Crippen MR) is 105 cm³/mol. The number of para-hydroxylation sites is 2. The first kappa shape index (κ1) is 18.1. The average molecular weight is 361 g/mol. The number of nitrogens with one attached hydrogen (secondary N) is 1. The third-order valence-electron chi connectivity index (χ3n) is 4.76. The van der Waals surface area contributed by atoms with Crippen LogP contribution in [0.5, 0.6) is 5.75 Å². The summed E-state index contributed by atoms with van der Waals surface area (Å²) in [6, 6.07) is 8.30. The van der Waals surface area contributed by atoms with Gasteiger partial charge >= 0.3 is 0 Å². The van der Waals surface area contributed by atoms with E-state index in [1.165, 1.54) is 17.8 Å². The Balaban J connectivity index is 1.39. The molecule has 0 atom stereocenters. The molecule has 2 heterocycles. The minimum Gasteiger partial charge on any atom is -0.495 e. The van der Waals surface area contributed by atoms with Gasteiger partial charge in [-0.3, -0.25) is 4.90 Å². The molecule has 0 aliphatic carbocycles. The monoisotopic (exact) mass is 360 g/mol. The van der Waals surface area contributed by atoms with Crippen LogP contribution in [0.25, 0.3) is 0 Å². The number of H-pyrrole nitrogens is 1. The molecule has 136 valence electrons. The van der Waals surface area contributed by atoms with Gasteiger partial charge in [-0.2, -0.15) is 0 Å². The summed E-state index contributed by atoms with van der Waals surface area (Å²) in [5.41, 5.74) is 3.49. The highest BCUT2D eigenvalue weighted by atomic mass is 32.2. The Labute approximate surface area is 154 Å². The lowest BCUT2D eigenvalue weighted by atomic mass is 10.2. The molecular weight excluding hydrogens is 332 g/mol. The maximum absolute atomic E-state index is 5.49. The zero-order valence-electron chi connectivity index (χ0n) is 15.4. The standard InChI is InChI=1S/C19H28N4OS/c1-15-16(2)21-19(20-15)25-14-6-9-22-10-12-23(13-11-22)17-7-4-5-8-18(17)24-3/h4-5,7-8H,6,9-14H2,1-3H3,(H,20,21). The molecule has 0 unspecified atom stereocenters. The Morgan fingerprint density at radius 3 is 2.60 bits per heavy atom. The smallest absolute Gasteiger partial charge is 0.165 e. The number of thioether (sulfide) groups is 1. The molecule has 6 heteroatoms. The summed E-state index contributed by atoms with van der Waals surface area (Å²) in [6.07, 6.45) is 1.19. The minimum absolute atomic E-state index is 0.969. The van der Waals surface area contributed by atoms with Crippen molar-refractivity contribution >= 4 is 17.4 Å². The van der Waals surface area contributed by atoms with Crippen molar-refractivity contribution in [3.8, 4) is 5.75 Å². The number of imidazole rings is 1. The molecule has 5 nitrogen and oxygen atoms in total. The van der Waals surface area contributed by atoms with Crippen molar-refractivity contribution in [3.63, 3.8) is 0 Å². The zero-order chi connectivity index (χ0) is 17.6. The van der Waals surface area contributed by atoms with E-state index in [-0.39, 0.29) is 0 Å². The number of nitrogens with zero attached hydrogens (tertiary/aromatic N) is 3. The molecule has 3 rings (SSSR count). The molecule has 1 aromatic carbocycles. The number of rotatable bonds is 7. The van der Waals surface area contributed by atoms with E-state index in [0.29, 0.717) is 0 Å². The molecule has 1 saturated heterocycles. The van der Waals surface area contributed by atoms with E-state index in [0.717, 1.165) is 55.1 Å². The fourth-order valence-corrected chi connectivity index (χ4v) is 4.04. The molecule has 1 aromatic heterocycles. The molecule has 2 aromatic rings. The van der Waals surface area contributed by atoms with E-state index in [4.69, 9.17) is 4.74 Å². The van der Waals surface area contributed by atoms with Crippen LogP contribution in [0.4, 0.5) is 5.69 Å². The molecule has 0 amide bonds. The van der Waals surface area contributed by atoms with E-state index in [2.05, 4.69) is 45.7 Å². The van der Waals surface area contributed by atoms with Crippen molar-refractivity contribution in [3.05, 3.63) is 35.7 Å². The highest BCUT2D eigenvalue weighted by Gasteiger charge is 2.19. The second kappa shape index (κ2) is 8.63. The topological polar surface area (TPSA) is 44.4 Å². The number of aromatic amines is 1. The van der Waals surface area contributed by atoms with Gasteiger partial charge < -0.3 is 14.6 Å². The Morgan fingerprint density at radius 1 is 1.16 bits per heavy atom. The van der Waals surface area contributed by atoms with Crippen LogP contribution in [-0.2, 0) is 0 Å². The first-order chi connectivity index (χ1) is 12.2. The molecule has 0 bridgehead atoms. The minimum atomic E-state index is 0.969. The molecule has 0 radical (unpaired) electrons. The Hall–Kier alpha value is -1.66. The normalized spacial score (nSPS) is 15.6. The number of ether oxygens (including phenoxy) is 1. The highest BCUT2D eigenvalue weighted by Crippen LogP contribution is 2.28. The first-order valence-electron chi connectivity index (χ1n) is 8.93. The number of aromatic nitrogens is 2. The van der Waals surface area contributed by atoms with Crippen LogP contribution in [0.1, 0.15) is 17.8 Å². The van der Waals surface area contributed by atoms with Gasteiger partial charge in [-0.1, -0.05) is 23.9 Å². The molecule has 0 spiro atoms. The number of aryl methyl sites for hydroxylation is 2. The van der Waals surface area contributed by atoms with Gasteiger partial charge in [0.15, 0.2) is 5.16 Å². The second-order valence-electron chi connectivity index (χ2n) is 6.45. The molecule has 25 heavy (non-hydrogen) atoms. The SMILES string of the molecule is COc1ccccc1N1CCN(CCCSc2nc(C)c(C)[nH]2)CC1. The van der Waals surface area contributed by atoms with Gasteiger partial charge in [0.05, 0.1) is 18.5 Å². The van der Waals surface area contributed by atoms with Gasteiger partial charge in [-0.15, -0.1) is 0 Å². The van der Waals surface area contributed by atoms with E-state index in [1.54, 1.807) is 7.11 Å². The van der Waals surface area contributed by atoms with Gasteiger partial charge in [-0.25, -0.2) is 4.98 Å². The van der Waals surface area contributed by atoms with Crippen molar-refractivity contribution in [2.24, 2.45) is 0 Å². The van der Waals surface area contributed by atoms with Crippen LogP contribution < -0.4 is 9.64 Å². The fourth-order valence-electron chi connectivity index (χ4n) is 3.14. The van der Waals surface area contributed by atoms with Crippen molar-refractivity contribution in [2.75, 3.05) is 50.5 Å². The van der Waals surface area contributed by atoms with Crippen LogP contribution >= 0.6 is 11.8 Å². The largest absolute Gasteiger partial charge is 0.495 e. The van der Waals surface area contributed by atoms with Gasteiger partial charge in [0.1, 0.15) is 5.75 Å². The average Bonchev–Trinajstić information content (AvgIpc) is 2.97. The number of hydrogen-bond acceptors (Lipinski definition) is 5. The van der Waals surface area contributed by atoms with Gasteiger partial charge in [0.2, 0.25) is 0 Å². The second-order valence-corrected chi connectivity index (χ2v) is 7.54. The fraction of sp³-hybridized carbons (Fsp3) is 0.526. The van der Waals surface area contributed by atoms with Gasteiger partial charge in [0, 0.05) is 37.6 Å². The number of methoxy groups -OCH3 is 1. The number of hydrogen-bond donors (Lipinski definition) is 1. The third kappa shape index (κ3) is 4.70. The van der Waals surface area contributed by atoms with Crippen molar-refractivity contribution in [2.45, 2.75) is 25.4 Å². The van der Waals surface area contributed by atoms with Crippen molar-refractivity contribution < 1.29 is 4.74 Å². The van der Waals surface area contributed by atoms with Crippen molar-refractivity contribution in [1.82, 2.24) is 14.9 Å². The molecular formula is C19H28N4OS. The van der Waals surface area contributed by atoms with Gasteiger partial charge in [-0.05, 0) is 38.9 Å². The number of anilines is 1. The summed E-state index contributed by atoms with van der Waals surface area (Å²) in [5, 5.41) is 1.05. The maximum Gasteiger partial charge on any atom is 0.165 e. The molecule has 0 saturated carbocycles. The van der Waals surface area contributed by atoms with E-state index >= 15 is 0 Å². The third-order valence-corrected chi connectivity index (χ3v) is 5.72. The summed E-state index contributed by atoms with van der Waals surface area (Å²) in [7, 11) is 1.74. The molecule has 1 aliphatic heterocycles. The lowest BCUT2D eigenvalue weighted by molar-refractivity contribution is 0.258. The Bertz CT molecular complexity index is 660. The van der Waals surface area contributed by atoms with Crippen LogP contribution in [0.15, 0.2) is 29.4 Å². The quantitative estimate of drug-likeness (QED) is 0.606. The summed E-state index contributed by atoms with van der Waals surface area (Å²) in [4.78, 5) is 12.9. The summed E-state index contributed by atoms with van der Waals surface area (Å²) in [6.45, 7) is 9.63.